The lowest BCUT2D eigenvalue weighted by Crippen LogP contribution is -2.28. The number of fused-ring (bicyclic) bond motifs is 1. The number of amides is 2. The van der Waals surface area contributed by atoms with Gasteiger partial charge in [-0.25, -0.2) is 4.98 Å². The first-order valence-corrected chi connectivity index (χ1v) is 6.04. The molecule has 0 saturated heterocycles. The molecule has 0 aliphatic rings. The fourth-order valence-corrected chi connectivity index (χ4v) is 1.80. The number of carbonyl (C=O) groups excluding carboxylic acids is 2. The second-order valence-corrected chi connectivity index (χ2v) is 4.19. The predicted molar refractivity (Wildman–Crippen MR) is 75.7 cm³/mol. The number of nitrogen functional groups attached to an aromatic ring is 1. The van der Waals surface area contributed by atoms with E-state index in [4.69, 9.17) is 11.6 Å². The second kappa shape index (κ2) is 5.98. The van der Waals surface area contributed by atoms with Gasteiger partial charge in [-0.1, -0.05) is 18.2 Å². The Morgan fingerprint density at radius 2 is 2.00 bits per heavy atom. The van der Waals surface area contributed by atoms with Gasteiger partial charge in [0.25, 0.3) is 5.91 Å². The van der Waals surface area contributed by atoms with Crippen LogP contribution < -0.4 is 22.3 Å². The Hall–Kier alpha value is -2.67. The zero-order valence-corrected chi connectivity index (χ0v) is 10.7. The molecule has 2 amide bonds. The van der Waals surface area contributed by atoms with Crippen LogP contribution in [-0.2, 0) is 4.79 Å². The van der Waals surface area contributed by atoms with E-state index in [9.17, 15) is 9.59 Å². The second-order valence-electron chi connectivity index (χ2n) is 4.19. The Kier molecular flexibility index (Phi) is 4.11. The predicted octanol–water partition coefficient (Wildman–Crippen LogP) is 0.126. The maximum atomic E-state index is 11.9. The monoisotopic (exact) mass is 273 g/mol. The van der Waals surface area contributed by atoms with Crippen LogP contribution in [0.4, 0.5) is 5.69 Å². The summed E-state index contributed by atoms with van der Waals surface area (Å²) in [4.78, 5) is 26.8. The maximum absolute atomic E-state index is 11.9. The molecule has 7 nitrogen and oxygen atoms in total. The number of hydrazine groups is 1. The third-order valence-electron chi connectivity index (χ3n) is 2.76. The molecule has 0 unspecified atom stereocenters. The van der Waals surface area contributed by atoms with E-state index in [1.807, 2.05) is 18.2 Å². The van der Waals surface area contributed by atoms with Gasteiger partial charge in [0.15, 0.2) is 0 Å². The number of nitrogens with zero attached hydrogens (tertiary/aromatic N) is 1. The summed E-state index contributed by atoms with van der Waals surface area (Å²) in [7, 11) is 0. The number of rotatable bonds is 5. The third kappa shape index (κ3) is 3.01. The van der Waals surface area contributed by atoms with E-state index in [2.05, 4.69) is 15.7 Å². The van der Waals surface area contributed by atoms with Crippen LogP contribution in [0.3, 0.4) is 0 Å². The van der Waals surface area contributed by atoms with Gasteiger partial charge >= 0.3 is 0 Å². The number of nitrogens with one attached hydrogen (secondary N) is 2. The normalized spacial score (nSPS) is 10.2. The highest BCUT2D eigenvalue weighted by Crippen LogP contribution is 2.22. The number of anilines is 1. The lowest BCUT2D eigenvalue weighted by molar-refractivity contribution is -0.117. The topological polar surface area (TPSA) is 123 Å². The van der Waals surface area contributed by atoms with Crippen molar-refractivity contribution in [2.75, 3.05) is 12.0 Å². The number of nitrogens with two attached hydrogens (primary N) is 2. The average molecular weight is 273 g/mol. The van der Waals surface area contributed by atoms with E-state index in [1.54, 1.807) is 12.1 Å². The first kappa shape index (κ1) is 13.8. The summed E-state index contributed by atoms with van der Waals surface area (Å²) in [6, 6.07) is 8.88. The van der Waals surface area contributed by atoms with Crippen LogP contribution in [0.25, 0.3) is 10.9 Å². The summed E-state index contributed by atoms with van der Waals surface area (Å²) in [6.45, 7) is 0.175. The average Bonchev–Trinajstić information content (AvgIpc) is 2.45. The molecule has 0 atom stereocenters. The zero-order valence-electron chi connectivity index (χ0n) is 10.7. The van der Waals surface area contributed by atoms with Crippen molar-refractivity contribution in [3.63, 3.8) is 0 Å². The maximum Gasteiger partial charge on any atom is 0.269 e. The van der Waals surface area contributed by atoms with Gasteiger partial charge in [-0.05, 0) is 12.1 Å². The Morgan fingerprint density at radius 1 is 1.25 bits per heavy atom. The highest BCUT2D eigenvalue weighted by molar-refractivity contribution is 5.99. The van der Waals surface area contributed by atoms with Crippen LogP contribution >= 0.6 is 0 Å². The summed E-state index contributed by atoms with van der Waals surface area (Å²) < 4.78 is 0. The van der Waals surface area contributed by atoms with Crippen LogP contribution in [-0.4, -0.2) is 23.3 Å². The summed E-state index contributed by atoms with van der Waals surface area (Å²) in [5, 5.41) is 3.40. The van der Waals surface area contributed by atoms with Gasteiger partial charge in [0.1, 0.15) is 5.69 Å². The van der Waals surface area contributed by atoms with Gasteiger partial charge in [-0.15, -0.1) is 0 Å². The van der Waals surface area contributed by atoms with Crippen molar-refractivity contribution < 1.29 is 9.59 Å². The van der Waals surface area contributed by atoms with Crippen molar-refractivity contribution in [2.24, 2.45) is 11.6 Å². The summed E-state index contributed by atoms with van der Waals surface area (Å²) in [5.41, 5.74) is 9.04. The minimum atomic E-state index is -0.471. The lowest BCUT2D eigenvalue weighted by Gasteiger charge is -2.09. The Morgan fingerprint density at radius 3 is 2.70 bits per heavy atom. The molecule has 1 aromatic heterocycles. The number of benzene rings is 1. The molecule has 20 heavy (non-hydrogen) atoms. The molecule has 0 radical (unpaired) electrons. The minimum absolute atomic E-state index is 0.0846. The summed E-state index contributed by atoms with van der Waals surface area (Å²) >= 11 is 0. The van der Waals surface area contributed by atoms with Gasteiger partial charge in [0.2, 0.25) is 5.91 Å². The van der Waals surface area contributed by atoms with Crippen LogP contribution in [0, 0.1) is 0 Å². The van der Waals surface area contributed by atoms with Gasteiger partial charge in [0, 0.05) is 18.4 Å². The van der Waals surface area contributed by atoms with Crippen LogP contribution in [0.2, 0.25) is 0 Å². The molecule has 0 aliphatic carbocycles. The Labute approximate surface area is 115 Å². The fraction of sp³-hybridized carbons (Fsp3) is 0.154. The molecule has 0 spiro atoms. The number of carbonyl (C=O) groups is 2. The number of primary amides is 1. The first-order chi connectivity index (χ1) is 9.61. The van der Waals surface area contributed by atoms with Crippen LogP contribution in [0.1, 0.15) is 16.9 Å². The van der Waals surface area contributed by atoms with Gasteiger partial charge in [-0.3, -0.25) is 15.4 Å². The van der Waals surface area contributed by atoms with Crippen molar-refractivity contribution in [1.29, 1.82) is 0 Å². The molecule has 6 N–H and O–H groups in total. The van der Waals surface area contributed by atoms with E-state index in [1.165, 1.54) is 0 Å². The van der Waals surface area contributed by atoms with Crippen molar-refractivity contribution in [3.05, 3.63) is 36.0 Å². The Bertz CT molecular complexity index is 656. The van der Waals surface area contributed by atoms with Crippen molar-refractivity contribution in [2.45, 2.75) is 6.42 Å². The molecule has 2 rings (SSSR count). The van der Waals surface area contributed by atoms with E-state index >= 15 is 0 Å². The van der Waals surface area contributed by atoms with E-state index in [-0.39, 0.29) is 24.6 Å². The molecule has 0 saturated carbocycles. The SMILES string of the molecule is NNc1cc(C(=O)NCCC(N)=O)nc2ccccc12. The van der Waals surface area contributed by atoms with E-state index in [0.717, 1.165) is 5.39 Å². The highest BCUT2D eigenvalue weighted by atomic mass is 16.2. The first-order valence-electron chi connectivity index (χ1n) is 6.04. The van der Waals surface area contributed by atoms with Crippen molar-refractivity contribution >= 4 is 28.4 Å². The van der Waals surface area contributed by atoms with Crippen LogP contribution in [0.15, 0.2) is 30.3 Å². The zero-order chi connectivity index (χ0) is 14.5. The molecule has 7 heteroatoms. The summed E-state index contributed by atoms with van der Waals surface area (Å²) in [6.07, 6.45) is 0.0846. The molecular weight excluding hydrogens is 258 g/mol. The van der Waals surface area contributed by atoms with Gasteiger partial charge in [-0.2, -0.15) is 0 Å². The van der Waals surface area contributed by atoms with Crippen molar-refractivity contribution in [1.82, 2.24) is 10.3 Å². The molecule has 1 heterocycles. The quantitative estimate of drug-likeness (QED) is 0.455. The van der Waals surface area contributed by atoms with Crippen molar-refractivity contribution in [3.8, 4) is 0 Å². The Balaban J connectivity index is 2.25. The molecule has 104 valence electrons. The number of pyridine rings is 1. The smallest absolute Gasteiger partial charge is 0.269 e. The van der Waals surface area contributed by atoms with Gasteiger partial charge in [0.05, 0.1) is 11.2 Å². The molecular formula is C13H15N5O2. The number of hydrogen-bond acceptors (Lipinski definition) is 5. The standard InChI is InChI=1S/C13H15N5O2/c14-12(19)5-6-16-13(20)11-7-10(18-15)8-3-1-2-4-9(8)17-11/h1-4,7H,5-6,15H2,(H2,14,19)(H,16,20)(H,17,18). The molecule has 0 fully saturated rings. The number of para-hydroxylation sites is 1. The largest absolute Gasteiger partial charge is 0.370 e. The third-order valence-corrected chi connectivity index (χ3v) is 2.76. The number of hydrogen-bond donors (Lipinski definition) is 4. The summed E-state index contributed by atoms with van der Waals surface area (Å²) in [5.74, 6) is 4.60. The molecule has 2 aromatic rings. The minimum Gasteiger partial charge on any atom is -0.370 e. The van der Waals surface area contributed by atoms with E-state index in [0.29, 0.717) is 11.2 Å². The lowest BCUT2D eigenvalue weighted by atomic mass is 10.1. The van der Waals surface area contributed by atoms with Gasteiger partial charge < -0.3 is 16.5 Å². The number of aromatic nitrogens is 1. The molecule has 0 bridgehead atoms. The van der Waals surface area contributed by atoms with Crippen LogP contribution in [0.5, 0.6) is 0 Å². The highest BCUT2D eigenvalue weighted by Gasteiger charge is 2.11. The fourth-order valence-electron chi connectivity index (χ4n) is 1.80. The molecule has 0 aliphatic heterocycles. The van der Waals surface area contributed by atoms with E-state index < -0.39 is 5.91 Å². The molecule has 1 aromatic carbocycles.